The molecule has 1 aliphatic heterocycles. The number of nitrogens with two attached hydrogens (primary N) is 1. The van der Waals surface area contributed by atoms with Crippen molar-refractivity contribution >= 4 is 17.6 Å². The van der Waals surface area contributed by atoms with E-state index in [1.807, 2.05) is 36.1 Å². The van der Waals surface area contributed by atoms with Gasteiger partial charge in [0.25, 0.3) is 0 Å². The predicted molar refractivity (Wildman–Crippen MR) is 158 cm³/mol. The number of hydrogen-bond donors (Lipinski definition) is 3. The van der Waals surface area contributed by atoms with Crippen molar-refractivity contribution in [1.29, 1.82) is 0 Å². The molecule has 1 aromatic carbocycles. The number of rotatable bonds is 16. The first-order chi connectivity index (χ1) is 18.9. The number of carbonyl (C=O) groups excluding carboxylic acids is 1. The van der Waals surface area contributed by atoms with Crippen LogP contribution in [0.5, 0.6) is 0 Å². The molecule has 1 heterocycles. The highest BCUT2D eigenvalue weighted by atomic mass is 35.5. The first-order valence-electron chi connectivity index (χ1n) is 15.2. The second kappa shape index (κ2) is 16.8. The zero-order chi connectivity index (χ0) is 28.1. The minimum atomic E-state index is -1.13. The number of halogens is 1. The summed E-state index contributed by atoms with van der Waals surface area (Å²) < 4.78 is 10.9. The molecule has 2 fully saturated rings. The van der Waals surface area contributed by atoms with Gasteiger partial charge in [0.1, 0.15) is 0 Å². The van der Waals surface area contributed by atoms with Gasteiger partial charge >= 0.3 is 6.03 Å². The molecule has 8 heteroatoms. The van der Waals surface area contributed by atoms with Gasteiger partial charge in [-0.2, -0.15) is 0 Å². The van der Waals surface area contributed by atoms with Gasteiger partial charge in [0.2, 0.25) is 0 Å². The van der Waals surface area contributed by atoms with Gasteiger partial charge in [0, 0.05) is 56.9 Å². The number of nitrogens with zero attached hydrogens (tertiary/aromatic N) is 1. The van der Waals surface area contributed by atoms with E-state index in [1.54, 1.807) is 7.11 Å². The average molecular weight is 566 g/mol. The highest BCUT2D eigenvalue weighted by Gasteiger charge is 2.49. The molecule has 3 rings (SSSR count). The van der Waals surface area contributed by atoms with E-state index in [4.69, 9.17) is 26.8 Å². The van der Waals surface area contributed by atoms with Crippen LogP contribution in [0.4, 0.5) is 4.79 Å². The van der Waals surface area contributed by atoms with Crippen molar-refractivity contribution in [3.8, 4) is 0 Å². The highest BCUT2D eigenvalue weighted by molar-refractivity contribution is 6.30. The van der Waals surface area contributed by atoms with E-state index in [0.29, 0.717) is 43.7 Å². The average Bonchev–Trinajstić information content (AvgIpc) is 2.94. The fourth-order valence-corrected chi connectivity index (χ4v) is 7.28. The quantitative estimate of drug-likeness (QED) is 0.223. The lowest BCUT2D eigenvalue weighted by molar-refractivity contribution is -0.0937. The summed E-state index contributed by atoms with van der Waals surface area (Å²) in [7, 11) is 1.71. The number of urea groups is 1. The maximum absolute atomic E-state index is 12.9. The molecule has 2 aliphatic rings. The van der Waals surface area contributed by atoms with Crippen molar-refractivity contribution < 1.29 is 19.4 Å². The van der Waals surface area contributed by atoms with Crippen LogP contribution >= 0.6 is 11.6 Å². The molecule has 222 valence electrons. The summed E-state index contributed by atoms with van der Waals surface area (Å²) in [5, 5.41) is 16.9. The zero-order valence-corrected chi connectivity index (χ0v) is 25.0. The molecule has 0 bridgehead atoms. The zero-order valence-electron chi connectivity index (χ0n) is 24.2. The van der Waals surface area contributed by atoms with Crippen LogP contribution in [0.1, 0.15) is 83.1 Å². The molecular formula is C31H52ClN3O4. The van der Waals surface area contributed by atoms with Gasteiger partial charge in [-0.3, -0.25) is 0 Å². The molecule has 0 spiro atoms. The Hall–Kier alpha value is -1.38. The number of unbranched alkanes of at least 4 members (excludes halogenated alkanes) is 1. The fourth-order valence-electron chi connectivity index (χ4n) is 7.09. The Bertz CT molecular complexity index is 853. The predicted octanol–water partition coefficient (Wildman–Crippen LogP) is 5.72. The Morgan fingerprint density at radius 3 is 2.69 bits per heavy atom. The Labute approximate surface area is 241 Å². The SMILES string of the molecule is CCOCCNC[C@H](CC1CCCCC1)C1C([C@@](O)(CCCCOC)c2cccc(Cl)c2)CCCN1C(N)=O. The maximum atomic E-state index is 12.9. The Morgan fingerprint density at radius 1 is 1.21 bits per heavy atom. The molecular weight excluding hydrogens is 514 g/mol. The van der Waals surface area contributed by atoms with Gasteiger partial charge in [-0.15, -0.1) is 0 Å². The van der Waals surface area contributed by atoms with Crippen molar-refractivity contribution in [2.75, 3.05) is 46.6 Å². The lowest BCUT2D eigenvalue weighted by atomic mass is 9.65. The monoisotopic (exact) mass is 565 g/mol. The molecule has 1 aromatic rings. The molecule has 0 radical (unpaired) electrons. The van der Waals surface area contributed by atoms with Crippen molar-refractivity contribution in [2.45, 2.75) is 89.2 Å². The summed E-state index contributed by atoms with van der Waals surface area (Å²) >= 11 is 6.45. The van der Waals surface area contributed by atoms with Crippen LogP contribution in [0.15, 0.2) is 24.3 Å². The summed E-state index contributed by atoms with van der Waals surface area (Å²) in [5.41, 5.74) is 5.76. The minimum Gasteiger partial charge on any atom is -0.385 e. The number of piperidine rings is 1. The first-order valence-corrected chi connectivity index (χ1v) is 15.6. The summed E-state index contributed by atoms with van der Waals surface area (Å²) in [5.74, 6) is 0.662. The molecule has 1 saturated heterocycles. The van der Waals surface area contributed by atoms with Crippen LogP contribution in [0, 0.1) is 17.8 Å². The normalized spacial score (nSPS) is 22.9. The number of hydrogen-bond acceptors (Lipinski definition) is 5. The smallest absolute Gasteiger partial charge is 0.315 e. The van der Waals surface area contributed by atoms with Crippen molar-refractivity contribution in [3.05, 3.63) is 34.9 Å². The molecule has 0 aromatic heterocycles. The van der Waals surface area contributed by atoms with Crippen LogP contribution < -0.4 is 11.1 Å². The van der Waals surface area contributed by atoms with E-state index in [-0.39, 0.29) is 23.9 Å². The van der Waals surface area contributed by atoms with E-state index in [1.165, 1.54) is 32.1 Å². The van der Waals surface area contributed by atoms with E-state index >= 15 is 0 Å². The molecule has 1 aliphatic carbocycles. The Balaban J connectivity index is 1.97. The fraction of sp³-hybridized carbons (Fsp3) is 0.774. The minimum absolute atomic E-state index is 0.151. The molecule has 2 unspecified atom stereocenters. The van der Waals surface area contributed by atoms with Crippen LogP contribution in [-0.2, 0) is 15.1 Å². The standard InChI is InChI=1S/C31H52ClN3O4/c1-3-39-20-17-34-23-25(21-24-11-5-4-6-12-24)29-28(15-10-18-35(29)30(33)36)31(37,16-7-8-19-38-2)26-13-9-14-27(32)22-26/h9,13-14,22,24-25,28-29,34,37H,3-8,10-12,15-21,23H2,1-2H3,(H2,33,36)/t25-,28?,29?,31+/m0/s1. The number of aliphatic hydroxyl groups is 1. The topological polar surface area (TPSA) is 97.1 Å². The largest absolute Gasteiger partial charge is 0.385 e. The first kappa shape index (κ1) is 32.1. The van der Waals surface area contributed by atoms with E-state index in [9.17, 15) is 9.90 Å². The summed E-state index contributed by atoms with van der Waals surface area (Å²) in [4.78, 5) is 14.8. The Kier molecular flexibility index (Phi) is 13.8. The number of ether oxygens (including phenoxy) is 2. The molecule has 2 amide bonds. The summed E-state index contributed by atoms with van der Waals surface area (Å²) in [6.07, 6.45) is 11.3. The molecule has 4 N–H and O–H groups in total. The Morgan fingerprint density at radius 2 is 2.00 bits per heavy atom. The van der Waals surface area contributed by atoms with Crippen LogP contribution in [0.3, 0.4) is 0 Å². The third-order valence-corrected chi connectivity index (χ3v) is 9.18. The van der Waals surface area contributed by atoms with E-state index < -0.39 is 5.60 Å². The summed E-state index contributed by atoms with van der Waals surface area (Å²) in [6, 6.07) is 7.09. The third kappa shape index (κ3) is 9.32. The molecule has 7 nitrogen and oxygen atoms in total. The second-order valence-corrected chi connectivity index (χ2v) is 12.0. The summed E-state index contributed by atoms with van der Waals surface area (Å²) in [6.45, 7) is 6.18. The number of methoxy groups -OCH3 is 1. The number of benzene rings is 1. The van der Waals surface area contributed by atoms with Crippen LogP contribution in [0.25, 0.3) is 0 Å². The number of amides is 2. The van der Waals surface area contributed by atoms with Gasteiger partial charge < -0.3 is 30.5 Å². The number of likely N-dealkylation sites (tertiary alicyclic amines) is 1. The van der Waals surface area contributed by atoms with Gasteiger partial charge in [-0.25, -0.2) is 4.79 Å². The lowest BCUT2D eigenvalue weighted by Crippen LogP contribution is -2.60. The number of carbonyl (C=O) groups is 1. The van der Waals surface area contributed by atoms with Gasteiger partial charge in [0.15, 0.2) is 0 Å². The highest BCUT2D eigenvalue weighted by Crippen LogP contribution is 2.46. The third-order valence-electron chi connectivity index (χ3n) is 8.94. The van der Waals surface area contributed by atoms with Crippen LogP contribution in [-0.4, -0.2) is 68.6 Å². The van der Waals surface area contributed by atoms with Crippen molar-refractivity contribution in [2.24, 2.45) is 23.5 Å². The van der Waals surface area contributed by atoms with Crippen molar-refractivity contribution in [1.82, 2.24) is 10.2 Å². The van der Waals surface area contributed by atoms with E-state index in [2.05, 4.69) is 5.32 Å². The van der Waals surface area contributed by atoms with Gasteiger partial charge in [-0.1, -0.05) is 55.8 Å². The van der Waals surface area contributed by atoms with Gasteiger partial charge in [0.05, 0.1) is 12.2 Å². The number of primary amides is 1. The van der Waals surface area contributed by atoms with Crippen LogP contribution in [0.2, 0.25) is 5.02 Å². The molecule has 1 saturated carbocycles. The lowest BCUT2D eigenvalue weighted by Gasteiger charge is -2.51. The molecule has 4 atom stereocenters. The molecule has 39 heavy (non-hydrogen) atoms. The van der Waals surface area contributed by atoms with E-state index in [0.717, 1.165) is 50.8 Å². The van der Waals surface area contributed by atoms with Crippen molar-refractivity contribution in [3.63, 3.8) is 0 Å². The van der Waals surface area contributed by atoms with Gasteiger partial charge in [-0.05, 0) is 75.0 Å². The number of nitrogens with one attached hydrogen (secondary N) is 1. The second-order valence-electron chi connectivity index (χ2n) is 11.6. The maximum Gasteiger partial charge on any atom is 0.315 e.